The Bertz CT molecular complexity index is 766. The summed E-state index contributed by atoms with van der Waals surface area (Å²) in [5.74, 6) is -0.218. The third kappa shape index (κ3) is 2.36. The van der Waals surface area contributed by atoms with Crippen LogP contribution >= 0.6 is 11.6 Å². The summed E-state index contributed by atoms with van der Waals surface area (Å²) in [6, 6.07) is 15.1. The molecule has 2 aromatic carbocycles. The van der Waals surface area contributed by atoms with E-state index in [9.17, 15) is 4.79 Å². The molecule has 3 rings (SSSR count). The molecule has 0 atom stereocenters. The number of hydrogen-bond donors (Lipinski definition) is 0. The van der Waals surface area contributed by atoms with Crippen molar-refractivity contribution in [1.29, 1.82) is 0 Å². The van der Waals surface area contributed by atoms with E-state index in [4.69, 9.17) is 11.6 Å². The van der Waals surface area contributed by atoms with Gasteiger partial charge in [0.15, 0.2) is 0 Å². The number of aliphatic imine (C=N–C) groups is 1. The van der Waals surface area contributed by atoms with Crippen molar-refractivity contribution in [3.05, 3.63) is 77.0 Å². The van der Waals surface area contributed by atoms with Gasteiger partial charge in [-0.05, 0) is 18.2 Å². The molecule has 0 unspecified atom stereocenters. The number of anilines is 1. The number of carbonyl (C=O) groups excluding carboxylic acids is 1. The summed E-state index contributed by atoms with van der Waals surface area (Å²) in [6.07, 6.45) is 0. The number of halogens is 1. The number of amides is 1. The Labute approximate surface area is 128 Å². The highest BCUT2D eigenvalue weighted by Gasteiger charge is 2.25. The SMILES string of the molecule is C=C1N=C(c2ccccc2)c2cc(Cl)ccc2N(C)C1=O. The molecule has 0 aliphatic carbocycles. The molecule has 0 aromatic heterocycles. The lowest BCUT2D eigenvalue weighted by molar-refractivity contribution is -0.114. The summed E-state index contributed by atoms with van der Waals surface area (Å²) in [5, 5.41) is 0.603. The summed E-state index contributed by atoms with van der Waals surface area (Å²) in [4.78, 5) is 18.2. The van der Waals surface area contributed by atoms with Gasteiger partial charge < -0.3 is 4.90 Å². The Morgan fingerprint density at radius 3 is 2.57 bits per heavy atom. The Morgan fingerprint density at radius 2 is 1.86 bits per heavy atom. The van der Waals surface area contributed by atoms with E-state index in [1.54, 1.807) is 18.0 Å². The van der Waals surface area contributed by atoms with Crippen molar-refractivity contribution in [3.63, 3.8) is 0 Å². The monoisotopic (exact) mass is 296 g/mol. The normalized spacial score (nSPS) is 14.6. The molecule has 0 N–H and O–H groups in total. The van der Waals surface area contributed by atoms with E-state index in [1.807, 2.05) is 42.5 Å². The molecule has 1 aliphatic heterocycles. The fourth-order valence-corrected chi connectivity index (χ4v) is 2.52. The van der Waals surface area contributed by atoms with Crippen LogP contribution in [0.5, 0.6) is 0 Å². The summed E-state index contributed by atoms with van der Waals surface area (Å²) in [5.41, 5.74) is 3.43. The van der Waals surface area contributed by atoms with Crippen LogP contribution in [0.25, 0.3) is 0 Å². The van der Waals surface area contributed by atoms with Gasteiger partial charge in [0.1, 0.15) is 5.70 Å². The third-order valence-corrected chi connectivity index (χ3v) is 3.66. The van der Waals surface area contributed by atoms with E-state index in [0.717, 1.165) is 16.8 Å². The fourth-order valence-electron chi connectivity index (χ4n) is 2.35. The zero-order valence-corrected chi connectivity index (χ0v) is 12.3. The molecule has 0 radical (unpaired) electrons. The molecule has 21 heavy (non-hydrogen) atoms. The second-order valence-electron chi connectivity index (χ2n) is 4.80. The van der Waals surface area contributed by atoms with Gasteiger partial charge >= 0.3 is 0 Å². The summed E-state index contributed by atoms with van der Waals surface area (Å²) >= 11 is 6.12. The smallest absolute Gasteiger partial charge is 0.276 e. The van der Waals surface area contributed by atoms with Gasteiger partial charge in [-0.25, -0.2) is 4.99 Å². The second-order valence-corrected chi connectivity index (χ2v) is 5.24. The van der Waals surface area contributed by atoms with E-state index in [1.165, 1.54) is 0 Å². The van der Waals surface area contributed by atoms with Crippen LogP contribution in [0, 0.1) is 0 Å². The van der Waals surface area contributed by atoms with Crippen molar-refractivity contribution in [2.75, 3.05) is 11.9 Å². The molecule has 104 valence electrons. The van der Waals surface area contributed by atoms with Crippen LogP contribution in [0.2, 0.25) is 5.02 Å². The average Bonchev–Trinajstić information content (AvgIpc) is 2.59. The van der Waals surface area contributed by atoms with Crippen molar-refractivity contribution in [1.82, 2.24) is 0 Å². The van der Waals surface area contributed by atoms with Crippen LogP contribution < -0.4 is 4.90 Å². The van der Waals surface area contributed by atoms with Crippen molar-refractivity contribution in [2.24, 2.45) is 4.99 Å². The second kappa shape index (κ2) is 5.19. The average molecular weight is 297 g/mol. The number of likely N-dealkylation sites (N-methyl/N-ethyl adjacent to an activating group) is 1. The maximum Gasteiger partial charge on any atom is 0.276 e. The van der Waals surface area contributed by atoms with Crippen LogP contribution in [0.4, 0.5) is 5.69 Å². The lowest BCUT2D eigenvalue weighted by Crippen LogP contribution is -2.26. The number of benzodiazepines with no additional fused rings is 1. The van der Waals surface area contributed by atoms with Gasteiger partial charge in [0.05, 0.1) is 11.4 Å². The van der Waals surface area contributed by atoms with Crippen LogP contribution in [0.3, 0.4) is 0 Å². The standard InChI is InChI=1S/C17H13ClN2O/c1-11-17(21)20(2)15-9-8-13(18)10-14(15)16(19-11)12-6-4-3-5-7-12/h3-10H,1H2,2H3. The minimum atomic E-state index is -0.218. The zero-order chi connectivity index (χ0) is 15.0. The quantitative estimate of drug-likeness (QED) is 0.739. The van der Waals surface area contributed by atoms with Crippen LogP contribution in [-0.2, 0) is 4.79 Å². The highest BCUT2D eigenvalue weighted by molar-refractivity contribution is 6.32. The minimum Gasteiger partial charge on any atom is -0.309 e. The molecule has 0 saturated heterocycles. The molecular weight excluding hydrogens is 284 g/mol. The van der Waals surface area contributed by atoms with Gasteiger partial charge in [-0.1, -0.05) is 48.5 Å². The van der Waals surface area contributed by atoms with Gasteiger partial charge in [-0.15, -0.1) is 0 Å². The molecule has 1 heterocycles. The molecule has 2 aromatic rings. The van der Waals surface area contributed by atoms with Crippen molar-refractivity contribution < 1.29 is 4.79 Å². The molecule has 3 nitrogen and oxygen atoms in total. The number of benzene rings is 2. The van der Waals surface area contributed by atoms with Gasteiger partial charge in [0.2, 0.25) is 0 Å². The van der Waals surface area contributed by atoms with Gasteiger partial charge in [0.25, 0.3) is 5.91 Å². The van der Waals surface area contributed by atoms with Crippen LogP contribution in [0.1, 0.15) is 11.1 Å². The molecule has 1 aliphatic rings. The van der Waals surface area contributed by atoms with E-state index < -0.39 is 0 Å². The summed E-state index contributed by atoms with van der Waals surface area (Å²) in [7, 11) is 1.71. The summed E-state index contributed by atoms with van der Waals surface area (Å²) < 4.78 is 0. The van der Waals surface area contributed by atoms with Gasteiger partial charge in [-0.3, -0.25) is 4.79 Å². The largest absolute Gasteiger partial charge is 0.309 e. The topological polar surface area (TPSA) is 32.7 Å². The first-order valence-corrected chi connectivity index (χ1v) is 6.86. The third-order valence-electron chi connectivity index (χ3n) is 3.42. The van der Waals surface area contributed by atoms with E-state index in [0.29, 0.717) is 10.7 Å². The molecular formula is C17H13ClN2O. The predicted octanol–water partition coefficient (Wildman–Crippen LogP) is 3.67. The number of hydrogen-bond acceptors (Lipinski definition) is 2. The fraction of sp³-hybridized carbons (Fsp3) is 0.0588. The first kappa shape index (κ1) is 13.6. The lowest BCUT2D eigenvalue weighted by atomic mass is 10.0. The van der Waals surface area contributed by atoms with Crippen molar-refractivity contribution in [2.45, 2.75) is 0 Å². The maximum atomic E-state index is 12.3. The highest BCUT2D eigenvalue weighted by atomic mass is 35.5. The lowest BCUT2D eigenvalue weighted by Gasteiger charge is -2.18. The van der Waals surface area contributed by atoms with E-state index in [-0.39, 0.29) is 11.6 Å². The van der Waals surface area contributed by atoms with Gasteiger partial charge in [0, 0.05) is 23.2 Å². The highest BCUT2D eigenvalue weighted by Crippen LogP contribution is 2.30. The van der Waals surface area contributed by atoms with Gasteiger partial charge in [-0.2, -0.15) is 0 Å². The van der Waals surface area contributed by atoms with E-state index in [2.05, 4.69) is 11.6 Å². The molecule has 0 fully saturated rings. The number of carbonyl (C=O) groups is 1. The summed E-state index contributed by atoms with van der Waals surface area (Å²) in [6.45, 7) is 3.78. The minimum absolute atomic E-state index is 0.212. The first-order chi connectivity index (χ1) is 10.1. The molecule has 1 amide bonds. The Balaban J connectivity index is 2.30. The molecule has 0 bridgehead atoms. The Hall–Kier alpha value is -2.39. The predicted molar refractivity (Wildman–Crippen MR) is 86.1 cm³/mol. The maximum absolute atomic E-state index is 12.3. The molecule has 4 heteroatoms. The number of fused-ring (bicyclic) bond motifs is 1. The van der Waals surface area contributed by atoms with E-state index >= 15 is 0 Å². The first-order valence-electron chi connectivity index (χ1n) is 6.49. The number of nitrogens with zero attached hydrogens (tertiary/aromatic N) is 2. The Kier molecular flexibility index (Phi) is 3.35. The van der Waals surface area contributed by atoms with Crippen molar-refractivity contribution in [3.8, 4) is 0 Å². The zero-order valence-electron chi connectivity index (χ0n) is 11.5. The van der Waals surface area contributed by atoms with Crippen LogP contribution in [0.15, 0.2) is 65.8 Å². The number of rotatable bonds is 1. The van der Waals surface area contributed by atoms with Crippen LogP contribution in [-0.4, -0.2) is 18.7 Å². The van der Waals surface area contributed by atoms with Crippen molar-refractivity contribution >= 4 is 28.9 Å². The Morgan fingerprint density at radius 1 is 1.14 bits per heavy atom. The molecule has 0 spiro atoms. The molecule has 0 saturated carbocycles.